The Morgan fingerprint density at radius 1 is 1.04 bits per heavy atom. The number of Topliss-reactive ketones (excluding diaryl/α,β-unsaturated/α-hetero) is 1. The van der Waals surface area contributed by atoms with Crippen LogP contribution < -0.4 is 14.8 Å². The summed E-state index contributed by atoms with van der Waals surface area (Å²) in [6.45, 7) is 13.1. The predicted molar refractivity (Wildman–Crippen MR) is 264 cm³/mol. The fourth-order valence-electron chi connectivity index (χ4n) is 11.6. The quantitative estimate of drug-likeness (QED) is 0.0634. The standard InChI is InChI=1S/C54H62N4O12S/c1-9-18-57-39-22-32-21-30(2)46(64-8)48(67-28-65-20-19-63-7)43(32)45(57)40-23-54(62)44(49-47(68-29-69-49)31(3)50(54)59)42(58(40)41(39)24-55)25-66-51(60)38(56-52(61)70-53(4,5)6)27-71-26-37-35-16-12-10-14-33(35)34-15-11-13-17-36(34)37/h9-17,21,37-42,45,62H,1,18-20,22-23,25-29H2,2-8H3,(H,56,61)/t38-,39-,40?,41-,42-,45-,54?/m0/s1. The predicted octanol–water partition coefficient (Wildman–Crippen LogP) is 6.63. The van der Waals surface area contributed by atoms with Gasteiger partial charge in [-0.2, -0.15) is 17.0 Å². The Kier molecular flexibility index (Phi) is 14.3. The molecule has 2 aliphatic carbocycles. The molecule has 3 fully saturated rings. The molecule has 3 aromatic rings. The van der Waals surface area contributed by atoms with Gasteiger partial charge in [-0.05, 0) is 74.4 Å². The van der Waals surface area contributed by atoms with Crippen LogP contribution >= 0.6 is 11.8 Å². The van der Waals surface area contributed by atoms with Crippen molar-refractivity contribution in [1.82, 2.24) is 15.1 Å². The summed E-state index contributed by atoms with van der Waals surface area (Å²) in [5, 5.41) is 27.3. The van der Waals surface area contributed by atoms with E-state index in [1.165, 1.54) is 34.0 Å². The second kappa shape index (κ2) is 20.3. The van der Waals surface area contributed by atoms with Crippen molar-refractivity contribution in [2.45, 2.75) is 101 Å². The van der Waals surface area contributed by atoms with Crippen LogP contribution in [0.2, 0.25) is 0 Å². The van der Waals surface area contributed by atoms with Gasteiger partial charge >= 0.3 is 12.1 Å². The van der Waals surface area contributed by atoms with Gasteiger partial charge < -0.3 is 48.3 Å². The van der Waals surface area contributed by atoms with E-state index in [2.05, 4.69) is 47.1 Å². The van der Waals surface area contributed by atoms with Crippen molar-refractivity contribution < 1.29 is 57.4 Å². The van der Waals surface area contributed by atoms with Gasteiger partial charge in [0, 0.05) is 66.3 Å². The molecular formula is C54H62N4O12S. The molecule has 0 radical (unpaired) electrons. The van der Waals surface area contributed by atoms with Crippen LogP contribution in [0.3, 0.4) is 0 Å². The van der Waals surface area contributed by atoms with Crippen LogP contribution in [0.1, 0.15) is 73.9 Å². The van der Waals surface area contributed by atoms with Gasteiger partial charge in [-0.25, -0.2) is 9.59 Å². The van der Waals surface area contributed by atoms with Crippen LogP contribution in [0.4, 0.5) is 4.79 Å². The third-order valence-corrected chi connectivity index (χ3v) is 15.5. The lowest BCUT2D eigenvalue weighted by atomic mass is 9.64. The third-order valence-electron chi connectivity index (χ3n) is 14.3. The normalized spacial score (nSPS) is 24.7. The molecule has 3 saturated heterocycles. The van der Waals surface area contributed by atoms with Crippen molar-refractivity contribution in [1.29, 1.82) is 5.26 Å². The number of thioether (sulfide) groups is 1. The zero-order valence-electron chi connectivity index (χ0n) is 41.3. The number of aliphatic hydroxyl groups is 1. The Hall–Kier alpha value is -5.87. The van der Waals surface area contributed by atoms with Crippen molar-refractivity contribution in [3.8, 4) is 28.7 Å². The topological polar surface area (TPSA) is 188 Å². The lowest BCUT2D eigenvalue weighted by Gasteiger charge is -2.63. The molecular weight excluding hydrogens is 929 g/mol. The first-order valence-electron chi connectivity index (χ1n) is 24.0. The number of amides is 1. The highest BCUT2D eigenvalue weighted by Gasteiger charge is 2.65. The zero-order valence-corrected chi connectivity index (χ0v) is 42.1. The maximum atomic E-state index is 14.8. The molecule has 17 heteroatoms. The molecule has 0 spiro atoms. The van der Waals surface area contributed by atoms with Crippen LogP contribution in [0, 0.1) is 18.3 Å². The molecule has 2 N–H and O–H groups in total. The van der Waals surface area contributed by atoms with Gasteiger partial charge in [-0.15, -0.1) is 6.58 Å². The number of aryl methyl sites for hydroxylation is 1. The Morgan fingerprint density at radius 3 is 2.41 bits per heavy atom. The zero-order chi connectivity index (χ0) is 50.4. The number of ketones is 1. The first-order valence-corrected chi connectivity index (χ1v) is 25.1. The van der Waals surface area contributed by atoms with E-state index in [0.717, 1.165) is 16.7 Å². The number of methoxy groups -OCH3 is 2. The number of piperidine rings is 1. The van der Waals surface area contributed by atoms with Crippen molar-refractivity contribution in [3.63, 3.8) is 0 Å². The van der Waals surface area contributed by atoms with Gasteiger partial charge in [0.2, 0.25) is 6.79 Å². The summed E-state index contributed by atoms with van der Waals surface area (Å²) in [7, 11) is 3.15. The summed E-state index contributed by atoms with van der Waals surface area (Å²) < 4.78 is 47.5. The van der Waals surface area contributed by atoms with Crippen LogP contribution in [-0.4, -0.2) is 140 Å². The molecule has 7 atom stereocenters. The fourth-order valence-corrected chi connectivity index (χ4v) is 12.8. The number of alkyl carbamates (subject to hydrolysis) is 1. The second-order valence-electron chi connectivity index (χ2n) is 19.7. The summed E-state index contributed by atoms with van der Waals surface area (Å²) in [5.74, 6) is 0.716. The number of ether oxygens (including phenoxy) is 8. The highest BCUT2D eigenvalue weighted by Crippen LogP contribution is 2.57. The molecule has 4 heterocycles. The lowest BCUT2D eigenvalue weighted by molar-refractivity contribution is -0.160. The van der Waals surface area contributed by atoms with Gasteiger partial charge in [0.15, 0.2) is 41.2 Å². The Morgan fingerprint density at radius 2 is 1.75 bits per heavy atom. The third kappa shape index (κ3) is 9.08. The molecule has 1 amide bonds. The van der Waals surface area contributed by atoms with Gasteiger partial charge in [0.25, 0.3) is 0 Å². The average Bonchev–Trinajstić information content (AvgIpc) is 3.95. The number of piperazine rings is 1. The van der Waals surface area contributed by atoms with E-state index in [1.807, 2.05) is 42.2 Å². The van der Waals surface area contributed by atoms with E-state index >= 15 is 0 Å². The van der Waals surface area contributed by atoms with Gasteiger partial charge in [0.1, 0.15) is 24.3 Å². The number of benzene rings is 3. The van der Waals surface area contributed by atoms with Crippen molar-refractivity contribution in [2.24, 2.45) is 0 Å². The van der Waals surface area contributed by atoms with Gasteiger partial charge in [0.05, 0.1) is 38.5 Å². The first kappa shape index (κ1) is 50.1. The molecule has 9 rings (SSSR count). The summed E-state index contributed by atoms with van der Waals surface area (Å²) in [6, 6.07) is 16.2. The highest BCUT2D eigenvalue weighted by atomic mass is 32.2. The molecule has 0 saturated carbocycles. The molecule has 376 valence electrons. The average molecular weight is 991 g/mol. The van der Waals surface area contributed by atoms with Crippen molar-refractivity contribution in [3.05, 3.63) is 118 Å². The highest BCUT2D eigenvalue weighted by molar-refractivity contribution is 7.99. The SMILES string of the molecule is C=CCN1[C@@H]2c3c(cc(C)c(OC)c3OCOCCOC)C[C@H]1[C@H](C#N)N1C2CC2(O)C(=O)C(C)=C3OCOC3=C2[C@@H]1COC(=O)[C@H](CSCC1c2ccccc2-c2ccccc21)NC(=O)OC(C)(C)C. The Labute approximate surface area is 418 Å². The Balaban J connectivity index is 1.09. The summed E-state index contributed by atoms with van der Waals surface area (Å²) in [5.41, 5.74) is 4.49. The maximum Gasteiger partial charge on any atom is 0.408 e. The fraction of sp³-hybridized carbons (Fsp3) is 0.481. The minimum atomic E-state index is -2.18. The van der Waals surface area contributed by atoms with E-state index in [4.69, 9.17) is 37.9 Å². The van der Waals surface area contributed by atoms with Crippen LogP contribution in [-0.2, 0) is 44.4 Å². The van der Waals surface area contributed by atoms with E-state index in [0.29, 0.717) is 36.8 Å². The summed E-state index contributed by atoms with van der Waals surface area (Å²) >= 11 is 1.50. The van der Waals surface area contributed by atoms with Crippen LogP contribution in [0.15, 0.2) is 89.9 Å². The second-order valence-corrected chi connectivity index (χ2v) is 20.8. The van der Waals surface area contributed by atoms with E-state index in [9.17, 15) is 24.8 Å². The molecule has 6 aliphatic rings. The van der Waals surface area contributed by atoms with E-state index in [1.54, 1.807) is 48.0 Å². The number of nitrogens with zero attached hydrogens (tertiary/aromatic N) is 3. The number of carbonyl (C=O) groups excluding carboxylic acids is 3. The minimum Gasteiger partial charge on any atom is -0.493 e. The number of esters is 1. The lowest BCUT2D eigenvalue weighted by Crippen LogP contribution is -2.75. The molecule has 2 bridgehead atoms. The summed E-state index contributed by atoms with van der Waals surface area (Å²) in [6.07, 6.45) is 1.22. The monoisotopic (exact) mass is 990 g/mol. The summed E-state index contributed by atoms with van der Waals surface area (Å²) in [4.78, 5) is 47.2. The van der Waals surface area contributed by atoms with Gasteiger partial charge in [-0.3, -0.25) is 14.6 Å². The molecule has 71 heavy (non-hydrogen) atoms. The smallest absolute Gasteiger partial charge is 0.408 e. The van der Waals surface area contributed by atoms with Gasteiger partial charge in [-0.1, -0.05) is 60.7 Å². The van der Waals surface area contributed by atoms with Crippen molar-refractivity contribution in [2.75, 3.05) is 65.7 Å². The number of rotatable bonds is 17. The maximum absolute atomic E-state index is 14.8. The molecule has 4 aliphatic heterocycles. The first-order chi connectivity index (χ1) is 34.1. The van der Waals surface area contributed by atoms with Crippen LogP contribution in [0.25, 0.3) is 11.1 Å². The van der Waals surface area contributed by atoms with Crippen molar-refractivity contribution >= 4 is 29.6 Å². The Bertz CT molecular complexity index is 2660. The van der Waals surface area contributed by atoms with E-state index in [-0.39, 0.29) is 60.9 Å². The largest absolute Gasteiger partial charge is 0.493 e. The number of hydrogen-bond acceptors (Lipinski definition) is 16. The number of fused-ring (bicyclic) bond motifs is 11. The van der Waals surface area contributed by atoms with E-state index < -0.39 is 71.9 Å². The molecule has 16 nitrogen and oxygen atoms in total. The minimum absolute atomic E-state index is 0.0456. The molecule has 3 aromatic carbocycles. The number of hydrogen-bond donors (Lipinski definition) is 2. The number of nitrogens with one attached hydrogen (secondary N) is 1. The molecule has 2 unspecified atom stereocenters. The molecule has 0 aromatic heterocycles. The number of nitriles is 1. The van der Waals surface area contributed by atoms with Crippen LogP contribution in [0.5, 0.6) is 11.5 Å². The number of carbonyl (C=O) groups is 3.